The number of methoxy groups -OCH3 is 1. The number of aromatic nitrogens is 1. The number of thiophene rings is 1. The molecule has 7 heteroatoms. The number of rotatable bonds is 5. The van der Waals surface area contributed by atoms with E-state index >= 15 is 0 Å². The van der Waals surface area contributed by atoms with E-state index in [0.717, 1.165) is 4.88 Å². The highest BCUT2D eigenvalue weighted by Crippen LogP contribution is 2.23. The van der Waals surface area contributed by atoms with Crippen LogP contribution in [-0.4, -0.2) is 24.0 Å². The molecule has 0 aliphatic heterocycles. The molecule has 5 nitrogen and oxygen atoms in total. The van der Waals surface area contributed by atoms with E-state index in [0.29, 0.717) is 5.69 Å². The first kappa shape index (κ1) is 13.7. The topological polar surface area (TPSA) is 68.3 Å². The Bertz CT molecular complexity index is 537. The van der Waals surface area contributed by atoms with E-state index in [2.05, 4.69) is 15.0 Å². The van der Waals surface area contributed by atoms with E-state index in [4.69, 9.17) is 0 Å². The first-order chi connectivity index (χ1) is 9.20. The first-order valence-corrected chi connectivity index (χ1v) is 7.32. The van der Waals surface area contributed by atoms with E-state index in [-0.39, 0.29) is 24.3 Å². The molecule has 0 saturated carbocycles. The van der Waals surface area contributed by atoms with Crippen LogP contribution in [0.1, 0.15) is 27.8 Å². The lowest BCUT2D eigenvalue weighted by Gasteiger charge is -2.15. The molecule has 0 aromatic carbocycles. The Hall–Kier alpha value is -1.73. The van der Waals surface area contributed by atoms with Gasteiger partial charge in [-0.3, -0.25) is 9.59 Å². The Labute approximate surface area is 118 Å². The summed E-state index contributed by atoms with van der Waals surface area (Å²) < 4.78 is 4.65. The molecule has 0 radical (unpaired) electrons. The van der Waals surface area contributed by atoms with Crippen molar-refractivity contribution in [3.63, 3.8) is 0 Å². The van der Waals surface area contributed by atoms with Gasteiger partial charge in [0.25, 0.3) is 5.91 Å². The summed E-state index contributed by atoms with van der Waals surface area (Å²) in [7, 11) is 1.33. The van der Waals surface area contributed by atoms with Crippen molar-refractivity contribution in [2.45, 2.75) is 12.5 Å². The fourth-order valence-electron chi connectivity index (χ4n) is 1.52. The summed E-state index contributed by atoms with van der Waals surface area (Å²) in [6.45, 7) is 0. The second-order valence-electron chi connectivity index (χ2n) is 3.70. The van der Waals surface area contributed by atoms with Gasteiger partial charge in [0.2, 0.25) is 0 Å². The number of thiazole rings is 1. The molecule has 1 amide bonds. The third kappa shape index (κ3) is 3.62. The SMILES string of the molecule is COC(=O)CC(NC(=O)c1cscn1)c1cccs1. The molecule has 1 unspecified atom stereocenters. The predicted octanol–water partition coefficient (Wildman–Crippen LogP) is 2.24. The third-order valence-electron chi connectivity index (χ3n) is 2.46. The number of esters is 1. The minimum Gasteiger partial charge on any atom is -0.469 e. The summed E-state index contributed by atoms with van der Waals surface area (Å²) in [5, 5.41) is 6.36. The maximum Gasteiger partial charge on any atom is 0.307 e. The van der Waals surface area contributed by atoms with Crippen LogP contribution in [0, 0.1) is 0 Å². The van der Waals surface area contributed by atoms with Crippen LogP contribution < -0.4 is 5.32 Å². The predicted molar refractivity (Wildman–Crippen MR) is 73.3 cm³/mol. The quantitative estimate of drug-likeness (QED) is 0.859. The van der Waals surface area contributed by atoms with E-state index < -0.39 is 0 Å². The molecule has 0 aliphatic rings. The van der Waals surface area contributed by atoms with Crippen LogP contribution in [0.5, 0.6) is 0 Å². The smallest absolute Gasteiger partial charge is 0.307 e. The van der Waals surface area contributed by atoms with Gasteiger partial charge in [-0.25, -0.2) is 4.98 Å². The number of carbonyl (C=O) groups is 2. The van der Waals surface area contributed by atoms with Crippen molar-refractivity contribution in [3.05, 3.63) is 39.0 Å². The Morgan fingerprint density at radius 1 is 1.53 bits per heavy atom. The Morgan fingerprint density at radius 2 is 2.37 bits per heavy atom. The van der Waals surface area contributed by atoms with Gasteiger partial charge >= 0.3 is 5.97 Å². The fraction of sp³-hybridized carbons (Fsp3) is 0.250. The average molecular weight is 296 g/mol. The van der Waals surface area contributed by atoms with Crippen molar-refractivity contribution >= 4 is 34.6 Å². The van der Waals surface area contributed by atoms with Crippen LogP contribution in [0.3, 0.4) is 0 Å². The second kappa shape index (κ2) is 6.44. The Morgan fingerprint density at radius 3 is 2.95 bits per heavy atom. The van der Waals surface area contributed by atoms with Crippen LogP contribution in [0.4, 0.5) is 0 Å². The van der Waals surface area contributed by atoms with E-state index in [9.17, 15) is 9.59 Å². The second-order valence-corrected chi connectivity index (χ2v) is 5.39. The molecular formula is C12H12N2O3S2. The molecule has 2 aromatic heterocycles. The van der Waals surface area contributed by atoms with E-state index in [1.807, 2.05) is 17.5 Å². The molecule has 0 aliphatic carbocycles. The molecule has 2 rings (SSSR count). The van der Waals surface area contributed by atoms with Crippen molar-refractivity contribution in [1.29, 1.82) is 0 Å². The minimum absolute atomic E-state index is 0.104. The number of carbonyl (C=O) groups excluding carboxylic acids is 2. The number of hydrogen-bond donors (Lipinski definition) is 1. The fourth-order valence-corrected chi connectivity index (χ4v) is 2.83. The summed E-state index contributed by atoms with van der Waals surface area (Å²) in [5.74, 6) is -0.652. The zero-order valence-corrected chi connectivity index (χ0v) is 11.8. The van der Waals surface area contributed by atoms with Crippen molar-refractivity contribution in [2.24, 2.45) is 0 Å². The van der Waals surface area contributed by atoms with E-state index in [1.54, 1.807) is 10.9 Å². The van der Waals surface area contributed by atoms with Gasteiger partial charge < -0.3 is 10.1 Å². The number of nitrogens with zero attached hydrogens (tertiary/aromatic N) is 1. The largest absolute Gasteiger partial charge is 0.469 e. The third-order valence-corrected chi connectivity index (χ3v) is 4.03. The number of nitrogens with one attached hydrogen (secondary N) is 1. The van der Waals surface area contributed by atoms with Crippen LogP contribution in [-0.2, 0) is 9.53 Å². The van der Waals surface area contributed by atoms with Gasteiger partial charge in [0.15, 0.2) is 0 Å². The molecule has 0 bridgehead atoms. The van der Waals surface area contributed by atoms with Gasteiger partial charge in [-0.2, -0.15) is 0 Å². The van der Waals surface area contributed by atoms with Gasteiger partial charge in [-0.05, 0) is 11.4 Å². The van der Waals surface area contributed by atoms with Crippen molar-refractivity contribution in [1.82, 2.24) is 10.3 Å². The molecule has 0 fully saturated rings. The molecule has 19 heavy (non-hydrogen) atoms. The molecule has 1 atom stereocenters. The standard InChI is InChI=1S/C12H12N2O3S2/c1-17-11(15)5-8(10-3-2-4-19-10)14-12(16)9-6-18-7-13-9/h2-4,6-8H,5H2,1H3,(H,14,16). The van der Waals surface area contributed by atoms with Crippen LogP contribution in [0.2, 0.25) is 0 Å². The van der Waals surface area contributed by atoms with Gasteiger partial charge in [0.05, 0.1) is 25.1 Å². The highest BCUT2D eigenvalue weighted by atomic mass is 32.1. The maximum atomic E-state index is 12.0. The van der Waals surface area contributed by atoms with Gasteiger partial charge in [-0.1, -0.05) is 6.07 Å². The molecule has 0 saturated heterocycles. The Kier molecular flexibility index (Phi) is 4.64. The molecule has 2 heterocycles. The van der Waals surface area contributed by atoms with Crippen LogP contribution in [0.15, 0.2) is 28.4 Å². The lowest BCUT2D eigenvalue weighted by Crippen LogP contribution is -2.30. The van der Waals surface area contributed by atoms with Gasteiger partial charge in [-0.15, -0.1) is 22.7 Å². The zero-order valence-electron chi connectivity index (χ0n) is 10.2. The molecule has 0 spiro atoms. The lowest BCUT2D eigenvalue weighted by atomic mass is 10.1. The summed E-state index contributed by atoms with van der Waals surface area (Å²) in [6, 6.07) is 3.36. The van der Waals surface area contributed by atoms with Crippen molar-refractivity contribution in [3.8, 4) is 0 Å². The highest BCUT2D eigenvalue weighted by molar-refractivity contribution is 7.10. The summed E-state index contributed by atoms with van der Waals surface area (Å²) in [5.41, 5.74) is 1.95. The lowest BCUT2D eigenvalue weighted by molar-refractivity contribution is -0.141. The maximum absolute atomic E-state index is 12.0. The van der Waals surface area contributed by atoms with Crippen molar-refractivity contribution in [2.75, 3.05) is 7.11 Å². The normalized spacial score (nSPS) is 11.8. The number of ether oxygens (including phenoxy) is 1. The van der Waals surface area contributed by atoms with E-state index in [1.165, 1.54) is 29.8 Å². The minimum atomic E-state index is -0.387. The molecule has 1 N–H and O–H groups in total. The Balaban J connectivity index is 2.10. The summed E-state index contributed by atoms with van der Waals surface area (Å²) in [4.78, 5) is 28.2. The monoisotopic (exact) mass is 296 g/mol. The molecule has 100 valence electrons. The van der Waals surface area contributed by atoms with Crippen LogP contribution >= 0.6 is 22.7 Å². The zero-order chi connectivity index (χ0) is 13.7. The van der Waals surface area contributed by atoms with Gasteiger partial charge in [0.1, 0.15) is 5.69 Å². The highest BCUT2D eigenvalue weighted by Gasteiger charge is 2.21. The van der Waals surface area contributed by atoms with Crippen molar-refractivity contribution < 1.29 is 14.3 Å². The average Bonchev–Trinajstić information content (AvgIpc) is 3.10. The van der Waals surface area contributed by atoms with Gasteiger partial charge in [0, 0.05) is 10.3 Å². The molecule has 2 aromatic rings. The number of amides is 1. The first-order valence-electron chi connectivity index (χ1n) is 5.50. The summed E-state index contributed by atoms with van der Waals surface area (Å²) in [6.07, 6.45) is 0.104. The summed E-state index contributed by atoms with van der Waals surface area (Å²) >= 11 is 2.83. The molecular weight excluding hydrogens is 284 g/mol. The van der Waals surface area contributed by atoms with Crippen LogP contribution in [0.25, 0.3) is 0 Å². The number of hydrogen-bond acceptors (Lipinski definition) is 6.